The van der Waals surface area contributed by atoms with Gasteiger partial charge in [0.25, 0.3) is 0 Å². The number of benzene rings is 1. The minimum absolute atomic E-state index is 0.0678. The number of ether oxygens (including phenoxy) is 1. The monoisotopic (exact) mass is 284 g/mol. The Balaban J connectivity index is 2.25. The molecule has 1 aromatic carbocycles. The predicted octanol–water partition coefficient (Wildman–Crippen LogP) is 2.60. The normalized spacial score (nSPS) is 10.5. The molecule has 5 heteroatoms. The second-order valence-corrected chi connectivity index (χ2v) is 4.67. The predicted molar refractivity (Wildman–Crippen MR) is 78.8 cm³/mol. The summed E-state index contributed by atoms with van der Waals surface area (Å²) >= 11 is 5.89. The molecule has 2 N–H and O–H groups in total. The molecule has 1 aromatic rings. The lowest BCUT2D eigenvalue weighted by Crippen LogP contribution is -2.29. The molecular formula is C14H21ClN2O2. The molecule has 0 heterocycles. The molecule has 1 amide bonds. The third kappa shape index (κ3) is 6.57. The smallest absolute Gasteiger partial charge is 0.238 e. The van der Waals surface area contributed by atoms with E-state index in [-0.39, 0.29) is 12.5 Å². The number of anilines is 1. The summed E-state index contributed by atoms with van der Waals surface area (Å²) in [4.78, 5) is 11.7. The molecule has 4 nitrogen and oxygen atoms in total. The van der Waals surface area contributed by atoms with Crippen LogP contribution in [0.1, 0.15) is 18.9 Å². The minimum atomic E-state index is -0.0678. The third-order valence-corrected chi connectivity index (χ3v) is 2.84. The molecule has 1 rings (SSSR count). The Kier molecular flexibility index (Phi) is 7.48. The quantitative estimate of drug-likeness (QED) is 0.722. The topological polar surface area (TPSA) is 50.4 Å². The molecule has 0 aliphatic rings. The van der Waals surface area contributed by atoms with Gasteiger partial charge < -0.3 is 15.4 Å². The van der Waals surface area contributed by atoms with Crippen LogP contribution in [0.4, 0.5) is 5.69 Å². The van der Waals surface area contributed by atoms with E-state index >= 15 is 0 Å². The van der Waals surface area contributed by atoms with E-state index in [0.717, 1.165) is 37.4 Å². The lowest BCUT2D eigenvalue weighted by molar-refractivity contribution is -0.115. The van der Waals surface area contributed by atoms with Crippen LogP contribution in [-0.4, -0.2) is 32.2 Å². The van der Waals surface area contributed by atoms with Crippen LogP contribution in [0.5, 0.6) is 0 Å². The van der Waals surface area contributed by atoms with Crippen molar-refractivity contribution in [2.45, 2.75) is 20.3 Å². The van der Waals surface area contributed by atoms with Gasteiger partial charge in [-0.05, 0) is 44.5 Å². The SMILES string of the molecule is CCOCCCNCC(=O)Nc1cc(Cl)ccc1C. The van der Waals surface area contributed by atoms with Gasteiger partial charge >= 0.3 is 0 Å². The van der Waals surface area contributed by atoms with Crippen molar-refractivity contribution < 1.29 is 9.53 Å². The zero-order valence-corrected chi connectivity index (χ0v) is 12.2. The van der Waals surface area contributed by atoms with Gasteiger partial charge in [-0.25, -0.2) is 0 Å². The summed E-state index contributed by atoms with van der Waals surface area (Å²) < 4.78 is 5.21. The summed E-state index contributed by atoms with van der Waals surface area (Å²) in [6, 6.07) is 5.44. The maximum absolute atomic E-state index is 11.7. The van der Waals surface area contributed by atoms with Crippen LogP contribution in [0.25, 0.3) is 0 Å². The van der Waals surface area contributed by atoms with E-state index in [0.29, 0.717) is 5.02 Å². The van der Waals surface area contributed by atoms with E-state index in [4.69, 9.17) is 16.3 Å². The molecule has 0 saturated carbocycles. The maximum atomic E-state index is 11.7. The first-order valence-electron chi connectivity index (χ1n) is 6.48. The Bertz CT molecular complexity index is 410. The number of rotatable bonds is 8. The van der Waals surface area contributed by atoms with Gasteiger partial charge in [0.1, 0.15) is 0 Å². The second kappa shape index (κ2) is 8.91. The molecule has 0 aliphatic heterocycles. The second-order valence-electron chi connectivity index (χ2n) is 4.23. The highest BCUT2D eigenvalue weighted by molar-refractivity contribution is 6.31. The number of hydrogen-bond acceptors (Lipinski definition) is 3. The van der Waals surface area contributed by atoms with Crippen LogP contribution in [0.15, 0.2) is 18.2 Å². The first-order valence-corrected chi connectivity index (χ1v) is 6.85. The average molecular weight is 285 g/mol. The van der Waals surface area contributed by atoms with E-state index in [2.05, 4.69) is 10.6 Å². The van der Waals surface area contributed by atoms with Crippen molar-refractivity contribution >= 4 is 23.2 Å². The van der Waals surface area contributed by atoms with Crippen LogP contribution < -0.4 is 10.6 Å². The molecular weight excluding hydrogens is 264 g/mol. The lowest BCUT2D eigenvalue weighted by Gasteiger charge is -2.09. The van der Waals surface area contributed by atoms with Gasteiger partial charge in [-0.15, -0.1) is 0 Å². The third-order valence-electron chi connectivity index (χ3n) is 2.61. The van der Waals surface area contributed by atoms with Crippen molar-refractivity contribution in [1.29, 1.82) is 0 Å². The van der Waals surface area contributed by atoms with Crippen molar-refractivity contribution in [3.8, 4) is 0 Å². The number of nitrogens with one attached hydrogen (secondary N) is 2. The summed E-state index contributed by atoms with van der Waals surface area (Å²) in [6.45, 7) is 6.41. The standard InChI is InChI=1S/C14H21ClN2O2/c1-3-19-8-4-7-16-10-14(18)17-13-9-12(15)6-5-11(13)2/h5-6,9,16H,3-4,7-8,10H2,1-2H3,(H,17,18). The summed E-state index contributed by atoms with van der Waals surface area (Å²) in [5.41, 5.74) is 1.75. The van der Waals surface area contributed by atoms with E-state index in [1.54, 1.807) is 12.1 Å². The van der Waals surface area contributed by atoms with E-state index < -0.39 is 0 Å². The number of carbonyl (C=O) groups excluding carboxylic acids is 1. The fraction of sp³-hybridized carbons (Fsp3) is 0.500. The first-order chi connectivity index (χ1) is 9.13. The average Bonchev–Trinajstić information content (AvgIpc) is 2.38. The molecule has 0 atom stereocenters. The molecule has 106 valence electrons. The summed E-state index contributed by atoms with van der Waals surface area (Å²) in [5.74, 6) is -0.0678. The van der Waals surface area contributed by atoms with Gasteiger partial charge in [-0.3, -0.25) is 4.79 Å². The molecule has 0 radical (unpaired) electrons. The van der Waals surface area contributed by atoms with Crippen molar-refractivity contribution in [2.24, 2.45) is 0 Å². The lowest BCUT2D eigenvalue weighted by atomic mass is 10.2. The van der Waals surface area contributed by atoms with Crippen molar-refractivity contribution in [3.63, 3.8) is 0 Å². The number of hydrogen-bond donors (Lipinski definition) is 2. The van der Waals surface area contributed by atoms with Gasteiger partial charge in [0.05, 0.1) is 6.54 Å². The fourth-order valence-corrected chi connectivity index (χ4v) is 1.74. The molecule has 19 heavy (non-hydrogen) atoms. The molecule has 0 spiro atoms. The molecule has 0 aliphatic carbocycles. The largest absolute Gasteiger partial charge is 0.382 e. The number of aryl methyl sites for hydroxylation is 1. The molecule has 0 aromatic heterocycles. The van der Waals surface area contributed by atoms with Crippen LogP contribution in [0.3, 0.4) is 0 Å². The Morgan fingerprint density at radius 2 is 2.21 bits per heavy atom. The van der Waals surface area contributed by atoms with E-state index in [1.807, 2.05) is 19.9 Å². The zero-order valence-electron chi connectivity index (χ0n) is 11.5. The maximum Gasteiger partial charge on any atom is 0.238 e. The number of halogens is 1. The van der Waals surface area contributed by atoms with Gasteiger partial charge in [0, 0.05) is 23.9 Å². The van der Waals surface area contributed by atoms with Crippen molar-refractivity contribution in [3.05, 3.63) is 28.8 Å². The van der Waals surface area contributed by atoms with Crippen molar-refractivity contribution in [1.82, 2.24) is 5.32 Å². The molecule has 0 saturated heterocycles. The summed E-state index contributed by atoms with van der Waals surface area (Å²) in [5, 5.41) is 6.53. The number of amides is 1. The number of carbonyl (C=O) groups is 1. The van der Waals surface area contributed by atoms with E-state index in [9.17, 15) is 4.79 Å². The minimum Gasteiger partial charge on any atom is -0.382 e. The Hall–Kier alpha value is -1.10. The summed E-state index contributed by atoms with van der Waals surface area (Å²) in [6.07, 6.45) is 0.900. The molecule has 0 unspecified atom stereocenters. The highest BCUT2D eigenvalue weighted by Gasteiger charge is 2.04. The fourth-order valence-electron chi connectivity index (χ4n) is 1.57. The van der Waals surface area contributed by atoms with Crippen LogP contribution >= 0.6 is 11.6 Å². The van der Waals surface area contributed by atoms with Crippen LogP contribution in [-0.2, 0) is 9.53 Å². The van der Waals surface area contributed by atoms with Gasteiger partial charge in [-0.1, -0.05) is 17.7 Å². The van der Waals surface area contributed by atoms with E-state index in [1.165, 1.54) is 0 Å². The van der Waals surface area contributed by atoms with Crippen molar-refractivity contribution in [2.75, 3.05) is 31.6 Å². The molecule has 0 fully saturated rings. The summed E-state index contributed by atoms with van der Waals surface area (Å²) in [7, 11) is 0. The Morgan fingerprint density at radius 3 is 2.95 bits per heavy atom. The first kappa shape index (κ1) is 16.0. The highest BCUT2D eigenvalue weighted by Crippen LogP contribution is 2.19. The van der Waals surface area contributed by atoms with Gasteiger partial charge in [0.2, 0.25) is 5.91 Å². The Labute approximate surface area is 119 Å². The Morgan fingerprint density at radius 1 is 1.42 bits per heavy atom. The van der Waals surface area contributed by atoms with Gasteiger partial charge in [0.15, 0.2) is 0 Å². The zero-order chi connectivity index (χ0) is 14.1. The highest BCUT2D eigenvalue weighted by atomic mass is 35.5. The van der Waals surface area contributed by atoms with Crippen LogP contribution in [0.2, 0.25) is 5.02 Å². The van der Waals surface area contributed by atoms with Crippen LogP contribution in [0, 0.1) is 6.92 Å². The molecule has 0 bridgehead atoms. The van der Waals surface area contributed by atoms with Gasteiger partial charge in [-0.2, -0.15) is 0 Å².